The maximum absolute atomic E-state index is 12.4. The fourth-order valence-corrected chi connectivity index (χ4v) is 2.52. The van der Waals surface area contributed by atoms with Crippen molar-refractivity contribution in [3.8, 4) is 11.5 Å². The standard InChI is InChI=1S/C16H17N3O4/c1-9-14(10(2)19(3)18-9)15(20)16(21)17-11-4-5-12-13(8-11)23-7-6-22-12/h4-5,8H,6-7H2,1-3H3,(H,17,21). The van der Waals surface area contributed by atoms with Crippen molar-refractivity contribution in [3.05, 3.63) is 35.2 Å². The number of hydrogen-bond donors (Lipinski definition) is 1. The maximum atomic E-state index is 12.4. The summed E-state index contributed by atoms with van der Waals surface area (Å²) in [6.45, 7) is 4.41. The Morgan fingerprint density at radius 3 is 2.52 bits per heavy atom. The van der Waals surface area contributed by atoms with Gasteiger partial charge in [-0.25, -0.2) is 0 Å². The summed E-state index contributed by atoms with van der Waals surface area (Å²) in [6.07, 6.45) is 0. The molecular formula is C16H17N3O4. The first-order chi connectivity index (χ1) is 11.0. The Balaban J connectivity index is 1.80. The second kappa shape index (κ2) is 5.75. The minimum absolute atomic E-state index is 0.336. The molecule has 1 aromatic carbocycles. The Labute approximate surface area is 133 Å². The molecule has 0 saturated heterocycles. The third kappa shape index (κ3) is 2.77. The van der Waals surface area contributed by atoms with Gasteiger partial charge in [0, 0.05) is 24.5 Å². The monoisotopic (exact) mass is 315 g/mol. The maximum Gasteiger partial charge on any atom is 0.296 e. The predicted octanol–water partition coefficient (Wildman–Crippen LogP) is 1.63. The normalized spacial score (nSPS) is 12.8. The van der Waals surface area contributed by atoms with Gasteiger partial charge in [-0.3, -0.25) is 14.3 Å². The third-order valence-corrected chi connectivity index (χ3v) is 3.74. The van der Waals surface area contributed by atoms with Gasteiger partial charge in [0.2, 0.25) is 0 Å². The number of ketones is 1. The van der Waals surface area contributed by atoms with Crippen molar-refractivity contribution >= 4 is 17.4 Å². The molecule has 1 aromatic heterocycles. The van der Waals surface area contributed by atoms with Crippen LogP contribution in [-0.4, -0.2) is 34.7 Å². The van der Waals surface area contributed by atoms with E-state index in [1.165, 1.54) is 0 Å². The zero-order chi connectivity index (χ0) is 16.6. The lowest BCUT2D eigenvalue weighted by Gasteiger charge is -2.18. The van der Waals surface area contributed by atoms with Gasteiger partial charge >= 0.3 is 0 Å². The van der Waals surface area contributed by atoms with Gasteiger partial charge in [0.05, 0.1) is 11.3 Å². The molecule has 7 nitrogen and oxygen atoms in total. The van der Waals surface area contributed by atoms with Gasteiger partial charge in [0.1, 0.15) is 13.2 Å². The van der Waals surface area contributed by atoms with Crippen LogP contribution in [0.15, 0.2) is 18.2 Å². The minimum Gasteiger partial charge on any atom is -0.486 e. The van der Waals surface area contributed by atoms with Gasteiger partial charge in [0.15, 0.2) is 11.5 Å². The second-order valence-corrected chi connectivity index (χ2v) is 5.31. The summed E-state index contributed by atoms with van der Waals surface area (Å²) >= 11 is 0. The van der Waals surface area contributed by atoms with E-state index in [1.54, 1.807) is 43.8 Å². The lowest BCUT2D eigenvalue weighted by molar-refractivity contribution is -0.112. The number of carbonyl (C=O) groups is 2. The van der Waals surface area contributed by atoms with Crippen molar-refractivity contribution in [3.63, 3.8) is 0 Å². The first kappa shape index (κ1) is 15.1. The highest BCUT2D eigenvalue weighted by Gasteiger charge is 2.24. The van der Waals surface area contributed by atoms with E-state index in [9.17, 15) is 9.59 Å². The number of fused-ring (bicyclic) bond motifs is 1. The number of nitrogens with zero attached hydrogens (tertiary/aromatic N) is 2. The van der Waals surface area contributed by atoms with Crippen LogP contribution in [0.3, 0.4) is 0 Å². The highest BCUT2D eigenvalue weighted by atomic mass is 16.6. The molecule has 1 aliphatic rings. The van der Waals surface area contributed by atoms with Crippen LogP contribution < -0.4 is 14.8 Å². The molecule has 0 aliphatic carbocycles. The molecule has 2 aromatic rings. The molecule has 23 heavy (non-hydrogen) atoms. The molecule has 3 rings (SSSR count). The molecular weight excluding hydrogens is 298 g/mol. The Morgan fingerprint density at radius 2 is 1.87 bits per heavy atom. The predicted molar refractivity (Wildman–Crippen MR) is 83.1 cm³/mol. The average Bonchev–Trinajstić information content (AvgIpc) is 2.79. The van der Waals surface area contributed by atoms with Crippen LogP contribution in [-0.2, 0) is 11.8 Å². The molecule has 1 amide bonds. The molecule has 0 radical (unpaired) electrons. The van der Waals surface area contributed by atoms with Crippen LogP contribution in [0.25, 0.3) is 0 Å². The molecule has 0 bridgehead atoms. The number of benzene rings is 1. The molecule has 7 heteroatoms. The molecule has 2 heterocycles. The number of amides is 1. The summed E-state index contributed by atoms with van der Waals surface area (Å²) in [4.78, 5) is 24.6. The molecule has 0 saturated carbocycles. The SMILES string of the molecule is Cc1nn(C)c(C)c1C(=O)C(=O)Nc1ccc2c(c1)OCCO2. The van der Waals surface area contributed by atoms with Gasteiger partial charge in [-0.1, -0.05) is 0 Å². The van der Waals surface area contributed by atoms with Crippen molar-refractivity contribution in [1.82, 2.24) is 9.78 Å². The lowest BCUT2D eigenvalue weighted by Crippen LogP contribution is -2.24. The summed E-state index contributed by atoms with van der Waals surface area (Å²) in [5.74, 6) is -0.140. The summed E-state index contributed by atoms with van der Waals surface area (Å²) in [5, 5.41) is 6.75. The van der Waals surface area contributed by atoms with E-state index in [4.69, 9.17) is 9.47 Å². The van der Waals surface area contributed by atoms with Crippen molar-refractivity contribution < 1.29 is 19.1 Å². The van der Waals surface area contributed by atoms with Gasteiger partial charge in [0.25, 0.3) is 11.7 Å². The van der Waals surface area contributed by atoms with Gasteiger partial charge < -0.3 is 14.8 Å². The fraction of sp³-hybridized carbons (Fsp3) is 0.312. The minimum atomic E-state index is -0.708. The number of hydrogen-bond acceptors (Lipinski definition) is 5. The van der Waals surface area contributed by atoms with Gasteiger partial charge in [-0.05, 0) is 26.0 Å². The van der Waals surface area contributed by atoms with Crippen LogP contribution in [0.5, 0.6) is 11.5 Å². The van der Waals surface area contributed by atoms with Crippen molar-refractivity contribution in [2.45, 2.75) is 13.8 Å². The van der Waals surface area contributed by atoms with Gasteiger partial charge in [-0.15, -0.1) is 0 Å². The molecule has 1 N–H and O–H groups in total. The van der Waals surface area contributed by atoms with Crippen molar-refractivity contribution in [2.75, 3.05) is 18.5 Å². The van der Waals surface area contributed by atoms with E-state index in [1.807, 2.05) is 0 Å². The topological polar surface area (TPSA) is 82.5 Å². The highest BCUT2D eigenvalue weighted by molar-refractivity contribution is 6.47. The van der Waals surface area contributed by atoms with E-state index in [-0.39, 0.29) is 0 Å². The fourth-order valence-electron chi connectivity index (χ4n) is 2.52. The molecule has 0 spiro atoms. The second-order valence-electron chi connectivity index (χ2n) is 5.31. The number of anilines is 1. The molecule has 0 unspecified atom stereocenters. The largest absolute Gasteiger partial charge is 0.486 e. The smallest absolute Gasteiger partial charge is 0.296 e. The summed E-state index contributed by atoms with van der Waals surface area (Å²) < 4.78 is 12.5. The first-order valence-corrected chi connectivity index (χ1v) is 7.23. The Bertz CT molecular complexity index is 795. The van der Waals surface area contributed by atoms with E-state index >= 15 is 0 Å². The summed E-state index contributed by atoms with van der Waals surface area (Å²) in [7, 11) is 1.73. The molecule has 0 atom stereocenters. The zero-order valence-electron chi connectivity index (χ0n) is 13.2. The zero-order valence-corrected chi connectivity index (χ0v) is 13.2. The van der Waals surface area contributed by atoms with Crippen LogP contribution in [0.4, 0.5) is 5.69 Å². The van der Waals surface area contributed by atoms with Crippen molar-refractivity contribution in [1.29, 1.82) is 0 Å². The van der Waals surface area contributed by atoms with Crippen LogP contribution in [0, 0.1) is 13.8 Å². The number of aryl methyl sites for hydroxylation is 2. The van der Waals surface area contributed by atoms with Gasteiger partial charge in [-0.2, -0.15) is 5.10 Å². The Hall–Kier alpha value is -2.83. The van der Waals surface area contributed by atoms with Crippen LogP contribution in [0.1, 0.15) is 21.7 Å². The van der Waals surface area contributed by atoms with Crippen LogP contribution in [0.2, 0.25) is 0 Å². The average molecular weight is 315 g/mol. The Kier molecular flexibility index (Phi) is 3.77. The highest BCUT2D eigenvalue weighted by Crippen LogP contribution is 2.32. The summed E-state index contributed by atoms with van der Waals surface area (Å²) in [5.41, 5.74) is 2.01. The molecule has 120 valence electrons. The van der Waals surface area contributed by atoms with E-state index in [0.29, 0.717) is 47.4 Å². The van der Waals surface area contributed by atoms with Crippen molar-refractivity contribution in [2.24, 2.45) is 7.05 Å². The van der Waals surface area contributed by atoms with E-state index in [0.717, 1.165) is 0 Å². The first-order valence-electron chi connectivity index (χ1n) is 7.23. The number of rotatable bonds is 3. The van der Waals surface area contributed by atoms with E-state index < -0.39 is 11.7 Å². The lowest BCUT2D eigenvalue weighted by atomic mass is 10.1. The number of Topliss-reactive ketones (excluding diaryl/α,β-unsaturated/α-hetero) is 1. The van der Waals surface area contributed by atoms with E-state index in [2.05, 4.69) is 10.4 Å². The molecule has 0 fully saturated rings. The quantitative estimate of drug-likeness (QED) is 0.687. The molecule has 1 aliphatic heterocycles. The third-order valence-electron chi connectivity index (χ3n) is 3.74. The number of aromatic nitrogens is 2. The Morgan fingerprint density at radius 1 is 1.17 bits per heavy atom. The number of ether oxygens (including phenoxy) is 2. The number of carbonyl (C=O) groups excluding carboxylic acids is 2. The number of nitrogens with one attached hydrogen (secondary N) is 1. The van der Waals surface area contributed by atoms with Crippen LogP contribution >= 0.6 is 0 Å². The summed E-state index contributed by atoms with van der Waals surface area (Å²) in [6, 6.07) is 5.01.